The Kier molecular flexibility index (Phi) is 4.09. The van der Waals surface area contributed by atoms with Gasteiger partial charge in [-0.15, -0.1) is 0 Å². The molecule has 0 radical (unpaired) electrons. The number of hydrogen-bond acceptors (Lipinski definition) is 4. The van der Waals surface area contributed by atoms with Crippen molar-refractivity contribution in [3.05, 3.63) is 23.3 Å². The molecule has 1 aliphatic rings. The Morgan fingerprint density at radius 2 is 2.00 bits per heavy atom. The number of aryl methyl sites for hydroxylation is 1. The van der Waals surface area contributed by atoms with E-state index < -0.39 is 0 Å². The summed E-state index contributed by atoms with van der Waals surface area (Å²) >= 11 is 0. The van der Waals surface area contributed by atoms with E-state index in [1.807, 2.05) is 19.1 Å². The summed E-state index contributed by atoms with van der Waals surface area (Å²) in [6, 6.07) is 4.25. The van der Waals surface area contributed by atoms with Crippen LogP contribution < -0.4 is 20.5 Å². The molecule has 2 atom stereocenters. The first-order valence-corrected chi connectivity index (χ1v) is 6.39. The van der Waals surface area contributed by atoms with Gasteiger partial charge in [0.2, 0.25) is 0 Å². The van der Waals surface area contributed by atoms with Gasteiger partial charge in [0.05, 0.1) is 14.2 Å². The predicted molar refractivity (Wildman–Crippen MR) is 72.2 cm³/mol. The molecule has 3 N–H and O–H groups in total. The first kappa shape index (κ1) is 13.2. The highest BCUT2D eigenvalue weighted by atomic mass is 16.5. The maximum Gasteiger partial charge on any atom is 0.124 e. The van der Waals surface area contributed by atoms with Crippen LogP contribution in [0.3, 0.4) is 0 Å². The number of nitrogens with one attached hydrogen (secondary N) is 1. The number of rotatable bonds is 4. The largest absolute Gasteiger partial charge is 0.496 e. The molecule has 18 heavy (non-hydrogen) atoms. The van der Waals surface area contributed by atoms with Crippen LogP contribution in [-0.2, 0) is 0 Å². The van der Waals surface area contributed by atoms with Crippen LogP contribution in [0.25, 0.3) is 0 Å². The Morgan fingerprint density at radius 1 is 1.28 bits per heavy atom. The standard InChI is InChI=1S/C14H22N2O2/c1-9-7-13(18-3)10(8-12(9)17-2)14(15)11-5-4-6-16-11/h7-8,11,14,16H,4-6,15H2,1-3H3. The lowest BCUT2D eigenvalue weighted by atomic mass is 9.96. The Hall–Kier alpha value is -1.26. The lowest BCUT2D eigenvalue weighted by Crippen LogP contribution is -2.34. The van der Waals surface area contributed by atoms with Crippen molar-refractivity contribution >= 4 is 0 Å². The number of hydrogen-bond donors (Lipinski definition) is 2. The molecular weight excluding hydrogens is 228 g/mol. The van der Waals surface area contributed by atoms with Crippen molar-refractivity contribution in [2.24, 2.45) is 5.73 Å². The van der Waals surface area contributed by atoms with Gasteiger partial charge in [-0.1, -0.05) is 0 Å². The summed E-state index contributed by atoms with van der Waals surface area (Å²) in [5.74, 6) is 1.70. The second kappa shape index (κ2) is 5.59. The number of nitrogens with two attached hydrogens (primary N) is 1. The average molecular weight is 250 g/mol. The van der Waals surface area contributed by atoms with Crippen LogP contribution in [0.15, 0.2) is 12.1 Å². The number of ether oxygens (including phenoxy) is 2. The van der Waals surface area contributed by atoms with Gasteiger partial charge >= 0.3 is 0 Å². The van der Waals surface area contributed by atoms with Crippen molar-refractivity contribution in [1.82, 2.24) is 5.32 Å². The SMILES string of the molecule is COc1cc(C(N)C2CCCN2)c(OC)cc1C. The van der Waals surface area contributed by atoms with Crippen LogP contribution in [-0.4, -0.2) is 26.8 Å². The van der Waals surface area contributed by atoms with Gasteiger partial charge in [-0.05, 0) is 44.0 Å². The van der Waals surface area contributed by atoms with Gasteiger partial charge in [0.25, 0.3) is 0 Å². The molecule has 0 amide bonds. The molecule has 0 spiro atoms. The Morgan fingerprint density at radius 3 is 2.56 bits per heavy atom. The van der Waals surface area contributed by atoms with E-state index in [4.69, 9.17) is 15.2 Å². The van der Waals surface area contributed by atoms with Crippen LogP contribution in [0.4, 0.5) is 0 Å². The fourth-order valence-corrected chi connectivity index (χ4v) is 2.57. The van der Waals surface area contributed by atoms with E-state index in [-0.39, 0.29) is 6.04 Å². The third-order valence-corrected chi connectivity index (χ3v) is 3.64. The smallest absolute Gasteiger partial charge is 0.124 e. The maximum atomic E-state index is 6.35. The molecule has 1 aromatic carbocycles. The molecule has 4 nitrogen and oxygen atoms in total. The predicted octanol–water partition coefficient (Wildman–Crippen LogP) is 1.76. The molecule has 0 bridgehead atoms. The lowest BCUT2D eigenvalue weighted by Gasteiger charge is -2.23. The van der Waals surface area contributed by atoms with Crippen LogP contribution in [0.1, 0.15) is 30.0 Å². The van der Waals surface area contributed by atoms with E-state index in [2.05, 4.69) is 5.32 Å². The number of benzene rings is 1. The minimum Gasteiger partial charge on any atom is -0.496 e. The number of methoxy groups -OCH3 is 2. The van der Waals surface area contributed by atoms with E-state index in [9.17, 15) is 0 Å². The summed E-state index contributed by atoms with van der Waals surface area (Å²) in [6.45, 7) is 3.05. The average Bonchev–Trinajstić information content (AvgIpc) is 2.91. The van der Waals surface area contributed by atoms with Crippen LogP contribution in [0.5, 0.6) is 11.5 Å². The summed E-state index contributed by atoms with van der Waals surface area (Å²) in [5, 5.41) is 3.44. The van der Waals surface area contributed by atoms with Crippen LogP contribution in [0.2, 0.25) is 0 Å². The Bertz CT molecular complexity index is 415. The van der Waals surface area contributed by atoms with E-state index in [0.29, 0.717) is 6.04 Å². The molecule has 1 fully saturated rings. The molecule has 100 valence electrons. The maximum absolute atomic E-state index is 6.35. The van der Waals surface area contributed by atoms with Crippen LogP contribution >= 0.6 is 0 Å². The van der Waals surface area contributed by atoms with Crippen LogP contribution in [0, 0.1) is 6.92 Å². The zero-order chi connectivity index (χ0) is 13.1. The topological polar surface area (TPSA) is 56.5 Å². The second-order valence-corrected chi connectivity index (χ2v) is 4.79. The molecule has 0 aliphatic carbocycles. The van der Waals surface area contributed by atoms with Gasteiger partial charge in [0.15, 0.2) is 0 Å². The van der Waals surface area contributed by atoms with Crippen molar-refractivity contribution in [1.29, 1.82) is 0 Å². The Balaban J connectivity index is 2.34. The van der Waals surface area contributed by atoms with Gasteiger partial charge in [-0.2, -0.15) is 0 Å². The van der Waals surface area contributed by atoms with Crippen molar-refractivity contribution in [2.75, 3.05) is 20.8 Å². The molecule has 0 aromatic heterocycles. The summed E-state index contributed by atoms with van der Waals surface area (Å²) in [5.41, 5.74) is 8.43. The first-order valence-electron chi connectivity index (χ1n) is 6.39. The van der Waals surface area contributed by atoms with Gasteiger partial charge in [-0.3, -0.25) is 0 Å². The van der Waals surface area contributed by atoms with E-state index in [1.54, 1.807) is 14.2 Å². The third kappa shape index (κ3) is 2.44. The molecular formula is C14H22N2O2. The van der Waals surface area contributed by atoms with Gasteiger partial charge in [-0.25, -0.2) is 0 Å². The van der Waals surface area contributed by atoms with E-state index >= 15 is 0 Å². The van der Waals surface area contributed by atoms with Crippen molar-refractivity contribution in [2.45, 2.75) is 31.8 Å². The van der Waals surface area contributed by atoms with Gasteiger partial charge < -0.3 is 20.5 Å². The molecule has 1 heterocycles. The summed E-state index contributed by atoms with van der Waals surface area (Å²) in [6.07, 6.45) is 2.30. The summed E-state index contributed by atoms with van der Waals surface area (Å²) in [7, 11) is 3.36. The first-order chi connectivity index (χ1) is 8.67. The van der Waals surface area contributed by atoms with Crippen molar-refractivity contribution in [3.8, 4) is 11.5 Å². The second-order valence-electron chi connectivity index (χ2n) is 4.79. The minimum atomic E-state index is -0.0584. The quantitative estimate of drug-likeness (QED) is 0.855. The summed E-state index contributed by atoms with van der Waals surface area (Å²) in [4.78, 5) is 0. The van der Waals surface area contributed by atoms with Gasteiger partial charge in [0.1, 0.15) is 11.5 Å². The zero-order valence-corrected chi connectivity index (χ0v) is 11.3. The molecule has 4 heteroatoms. The monoisotopic (exact) mass is 250 g/mol. The molecule has 1 saturated heterocycles. The Labute approximate surface area is 108 Å². The molecule has 1 aromatic rings. The highest BCUT2D eigenvalue weighted by Crippen LogP contribution is 2.34. The fraction of sp³-hybridized carbons (Fsp3) is 0.571. The molecule has 2 rings (SSSR count). The zero-order valence-electron chi connectivity index (χ0n) is 11.3. The molecule has 0 saturated carbocycles. The normalized spacial score (nSPS) is 20.8. The molecule has 1 aliphatic heterocycles. The van der Waals surface area contributed by atoms with Crippen molar-refractivity contribution < 1.29 is 9.47 Å². The van der Waals surface area contributed by atoms with Gasteiger partial charge in [0, 0.05) is 17.6 Å². The minimum absolute atomic E-state index is 0.0584. The lowest BCUT2D eigenvalue weighted by molar-refractivity contribution is 0.386. The molecule has 2 unspecified atom stereocenters. The highest BCUT2D eigenvalue weighted by molar-refractivity contribution is 5.47. The van der Waals surface area contributed by atoms with Crippen molar-refractivity contribution in [3.63, 3.8) is 0 Å². The highest BCUT2D eigenvalue weighted by Gasteiger charge is 2.25. The van der Waals surface area contributed by atoms with E-state index in [0.717, 1.165) is 35.6 Å². The fourth-order valence-electron chi connectivity index (χ4n) is 2.57. The summed E-state index contributed by atoms with van der Waals surface area (Å²) < 4.78 is 10.8. The van der Waals surface area contributed by atoms with E-state index in [1.165, 1.54) is 6.42 Å². The third-order valence-electron chi connectivity index (χ3n) is 3.64.